The van der Waals surface area contributed by atoms with Crippen molar-refractivity contribution in [3.05, 3.63) is 34.9 Å². The van der Waals surface area contributed by atoms with Gasteiger partial charge < -0.3 is 4.90 Å². The van der Waals surface area contributed by atoms with Crippen molar-refractivity contribution in [1.82, 2.24) is 9.80 Å². The summed E-state index contributed by atoms with van der Waals surface area (Å²) in [6, 6.07) is 4.66. The van der Waals surface area contributed by atoms with Gasteiger partial charge in [0, 0.05) is 26.2 Å². The fraction of sp³-hybridized carbons (Fsp3) is 0.400. The van der Waals surface area contributed by atoms with Crippen LogP contribution in [0.25, 0.3) is 0 Å². The Morgan fingerprint density at radius 3 is 2.40 bits per heavy atom. The Hall–Kier alpha value is -2.17. The summed E-state index contributed by atoms with van der Waals surface area (Å²) in [5, 5.41) is 0. The number of carbonyl (C=O) groups is 3. The lowest BCUT2D eigenvalue weighted by Crippen LogP contribution is -2.30. The third-order valence-electron chi connectivity index (χ3n) is 3.32. The summed E-state index contributed by atoms with van der Waals surface area (Å²) in [6.07, 6.45) is 0. The topological polar surface area (TPSA) is 57.7 Å². The first-order valence-electron chi connectivity index (χ1n) is 6.54. The third-order valence-corrected chi connectivity index (χ3v) is 3.32. The summed E-state index contributed by atoms with van der Waals surface area (Å²) in [7, 11) is 3.17. The Kier molecular flexibility index (Phi) is 3.61. The highest BCUT2D eigenvalue weighted by Gasteiger charge is 2.33. The molecule has 0 aliphatic carbocycles. The van der Waals surface area contributed by atoms with Gasteiger partial charge in [-0.2, -0.15) is 0 Å². The lowest BCUT2D eigenvalue weighted by atomic mass is 10.0. The molecule has 20 heavy (non-hydrogen) atoms. The zero-order valence-electron chi connectivity index (χ0n) is 12.1. The highest BCUT2D eigenvalue weighted by Crippen LogP contribution is 2.23. The normalized spacial score (nSPS) is 13.9. The highest BCUT2D eigenvalue weighted by molar-refractivity contribution is 6.21. The Labute approximate surface area is 118 Å². The van der Waals surface area contributed by atoms with E-state index >= 15 is 0 Å². The molecule has 0 spiro atoms. The molecule has 0 unspecified atom stereocenters. The summed E-state index contributed by atoms with van der Waals surface area (Å²) in [5.41, 5.74) is 1.10. The molecule has 0 bridgehead atoms. The number of hydrogen-bond donors (Lipinski definition) is 0. The van der Waals surface area contributed by atoms with Crippen LogP contribution in [0.2, 0.25) is 0 Å². The molecular formula is C15H18N2O3. The molecule has 0 aromatic heterocycles. The van der Waals surface area contributed by atoms with E-state index in [1.165, 1.54) is 13.1 Å². The van der Waals surface area contributed by atoms with E-state index in [2.05, 4.69) is 0 Å². The van der Waals surface area contributed by atoms with E-state index in [0.29, 0.717) is 29.2 Å². The molecule has 1 aromatic carbocycles. The summed E-state index contributed by atoms with van der Waals surface area (Å²) < 4.78 is 0. The molecule has 2 rings (SSSR count). The number of nitrogens with zero attached hydrogens (tertiary/aromatic N) is 2. The first-order chi connectivity index (χ1) is 9.32. The van der Waals surface area contributed by atoms with Gasteiger partial charge in [-0.25, -0.2) is 0 Å². The maximum atomic E-state index is 12.3. The number of rotatable bonds is 3. The van der Waals surface area contributed by atoms with E-state index in [0.717, 1.165) is 4.90 Å². The molecular weight excluding hydrogens is 256 g/mol. The summed E-state index contributed by atoms with van der Waals surface area (Å²) >= 11 is 0. The minimum atomic E-state index is -0.355. The number of hydrogen-bond acceptors (Lipinski definition) is 3. The Bertz CT molecular complexity index is 593. The lowest BCUT2D eigenvalue weighted by Gasteiger charge is -2.19. The van der Waals surface area contributed by atoms with Crippen LogP contribution in [-0.4, -0.2) is 48.2 Å². The van der Waals surface area contributed by atoms with E-state index in [1.54, 1.807) is 24.1 Å². The van der Waals surface area contributed by atoms with E-state index < -0.39 is 0 Å². The zero-order chi connectivity index (χ0) is 15.0. The predicted octanol–water partition coefficient (Wildman–Crippen LogP) is 1.64. The van der Waals surface area contributed by atoms with Crippen molar-refractivity contribution >= 4 is 17.7 Å². The summed E-state index contributed by atoms with van der Waals surface area (Å²) in [6.45, 7) is 4.70. The standard InChI is InChI=1S/C15H18N2O3/c1-9(2)8-16(3)13(18)10-5-6-11-12(7-10)15(20)17(4)14(11)19/h5-7,9H,8H2,1-4H3. The molecule has 1 aromatic rings. The maximum absolute atomic E-state index is 12.3. The molecule has 0 radical (unpaired) electrons. The molecule has 0 atom stereocenters. The molecule has 5 nitrogen and oxygen atoms in total. The Balaban J connectivity index is 2.31. The minimum absolute atomic E-state index is 0.142. The molecule has 5 heteroatoms. The number of amides is 3. The second kappa shape index (κ2) is 5.07. The maximum Gasteiger partial charge on any atom is 0.261 e. The van der Waals surface area contributed by atoms with Crippen LogP contribution in [-0.2, 0) is 0 Å². The van der Waals surface area contributed by atoms with Gasteiger partial charge in [-0.15, -0.1) is 0 Å². The first kappa shape index (κ1) is 14.2. The largest absolute Gasteiger partial charge is 0.341 e. The van der Waals surface area contributed by atoms with Crippen molar-refractivity contribution in [3.63, 3.8) is 0 Å². The van der Waals surface area contributed by atoms with Gasteiger partial charge in [0.15, 0.2) is 0 Å². The predicted molar refractivity (Wildman–Crippen MR) is 74.7 cm³/mol. The van der Waals surface area contributed by atoms with Crippen LogP contribution in [0, 0.1) is 5.92 Å². The van der Waals surface area contributed by atoms with E-state index in [-0.39, 0.29) is 17.7 Å². The van der Waals surface area contributed by atoms with E-state index in [1.807, 2.05) is 13.8 Å². The van der Waals surface area contributed by atoms with Crippen molar-refractivity contribution in [2.75, 3.05) is 20.6 Å². The van der Waals surface area contributed by atoms with E-state index in [9.17, 15) is 14.4 Å². The van der Waals surface area contributed by atoms with Crippen LogP contribution in [0.15, 0.2) is 18.2 Å². The molecule has 0 fully saturated rings. The molecule has 0 N–H and O–H groups in total. The second-order valence-electron chi connectivity index (χ2n) is 5.51. The molecule has 1 aliphatic heterocycles. The van der Waals surface area contributed by atoms with Crippen LogP contribution in [0.5, 0.6) is 0 Å². The second-order valence-corrected chi connectivity index (χ2v) is 5.51. The third kappa shape index (κ3) is 2.31. The number of imide groups is 1. The van der Waals surface area contributed by atoms with Crippen LogP contribution in [0.4, 0.5) is 0 Å². The minimum Gasteiger partial charge on any atom is -0.341 e. The van der Waals surface area contributed by atoms with Gasteiger partial charge in [-0.3, -0.25) is 19.3 Å². The average Bonchev–Trinajstić information content (AvgIpc) is 2.62. The van der Waals surface area contributed by atoms with Crippen molar-refractivity contribution in [2.45, 2.75) is 13.8 Å². The quantitative estimate of drug-likeness (QED) is 0.787. The number of carbonyl (C=O) groups excluding carboxylic acids is 3. The van der Waals surface area contributed by atoms with Crippen LogP contribution >= 0.6 is 0 Å². The molecule has 106 valence electrons. The SMILES string of the molecule is CC(C)CN(C)C(=O)c1ccc2c(c1)C(=O)N(C)C2=O. The van der Waals surface area contributed by atoms with Gasteiger partial charge in [0.25, 0.3) is 17.7 Å². The van der Waals surface area contributed by atoms with Gasteiger partial charge in [-0.05, 0) is 24.1 Å². The molecule has 0 saturated carbocycles. The number of fused-ring (bicyclic) bond motifs is 1. The van der Waals surface area contributed by atoms with Gasteiger partial charge in [-0.1, -0.05) is 13.8 Å². The molecule has 3 amide bonds. The summed E-state index contributed by atoms with van der Waals surface area (Å²) in [5.74, 6) is -0.449. The van der Waals surface area contributed by atoms with Gasteiger partial charge in [0.2, 0.25) is 0 Å². The molecule has 1 heterocycles. The van der Waals surface area contributed by atoms with Crippen molar-refractivity contribution in [3.8, 4) is 0 Å². The smallest absolute Gasteiger partial charge is 0.261 e. The monoisotopic (exact) mass is 274 g/mol. The fourth-order valence-electron chi connectivity index (χ4n) is 2.35. The lowest BCUT2D eigenvalue weighted by molar-refractivity contribution is 0.0692. The Morgan fingerprint density at radius 1 is 1.20 bits per heavy atom. The molecule has 1 aliphatic rings. The molecule has 0 saturated heterocycles. The van der Waals surface area contributed by atoms with Gasteiger partial charge in [0.1, 0.15) is 0 Å². The van der Waals surface area contributed by atoms with Crippen LogP contribution in [0.3, 0.4) is 0 Å². The fourth-order valence-corrected chi connectivity index (χ4v) is 2.35. The Morgan fingerprint density at radius 2 is 1.80 bits per heavy atom. The van der Waals surface area contributed by atoms with Crippen LogP contribution in [0.1, 0.15) is 44.9 Å². The number of benzene rings is 1. The first-order valence-corrected chi connectivity index (χ1v) is 6.54. The average molecular weight is 274 g/mol. The zero-order valence-corrected chi connectivity index (χ0v) is 12.1. The summed E-state index contributed by atoms with van der Waals surface area (Å²) in [4.78, 5) is 38.6. The van der Waals surface area contributed by atoms with Crippen molar-refractivity contribution in [2.24, 2.45) is 5.92 Å². The van der Waals surface area contributed by atoms with Crippen molar-refractivity contribution < 1.29 is 14.4 Å². The van der Waals surface area contributed by atoms with Crippen molar-refractivity contribution in [1.29, 1.82) is 0 Å². The van der Waals surface area contributed by atoms with Gasteiger partial charge >= 0.3 is 0 Å². The van der Waals surface area contributed by atoms with E-state index in [4.69, 9.17) is 0 Å². The highest BCUT2D eigenvalue weighted by atomic mass is 16.2. The van der Waals surface area contributed by atoms with Gasteiger partial charge in [0.05, 0.1) is 11.1 Å². The van der Waals surface area contributed by atoms with Crippen LogP contribution < -0.4 is 0 Å².